The molecular weight excluding hydrogens is 316 g/mol. The van der Waals surface area contributed by atoms with Crippen LogP contribution in [0.5, 0.6) is 0 Å². The van der Waals surface area contributed by atoms with Gasteiger partial charge in [0.2, 0.25) is 10.0 Å². The molecule has 0 aromatic carbocycles. The summed E-state index contributed by atoms with van der Waals surface area (Å²) in [5, 5.41) is 0.277. The van der Waals surface area contributed by atoms with Crippen LogP contribution in [0.2, 0.25) is 5.15 Å². The number of rotatable bonds is 4. The van der Waals surface area contributed by atoms with E-state index in [-0.39, 0.29) is 10.0 Å². The van der Waals surface area contributed by atoms with E-state index in [1.165, 1.54) is 35.2 Å². The Labute approximate surface area is 126 Å². The highest BCUT2D eigenvalue weighted by atomic mass is 35.5. The number of pyridine rings is 1. The van der Waals surface area contributed by atoms with Crippen LogP contribution in [0.15, 0.2) is 29.3 Å². The molecule has 0 unspecified atom stereocenters. The van der Waals surface area contributed by atoms with Gasteiger partial charge in [-0.05, 0) is 43.0 Å². The Morgan fingerprint density at radius 3 is 2.90 bits per heavy atom. The molecule has 3 rings (SSSR count). The molecule has 1 N–H and O–H groups in total. The molecule has 4 nitrogen and oxygen atoms in total. The first-order valence-corrected chi connectivity index (χ1v) is 8.94. The standard InChI is InChI=1S/C13H13ClN2O2S2/c14-13-5-4-11(8-15-13)20(17,18)16-7-10-6-9-2-1-3-12(9)19-10/h4-6,8,16H,1-3,7H2. The number of hydrogen-bond acceptors (Lipinski definition) is 4. The number of hydrogen-bond donors (Lipinski definition) is 1. The predicted molar refractivity (Wildman–Crippen MR) is 79.6 cm³/mol. The first-order valence-electron chi connectivity index (χ1n) is 6.26. The molecule has 20 heavy (non-hydrogen) atoms. The van der Waals surface area contributed by atoms with Crippen LogP contribution in [-0.4, -0.2) is 13.4 Å². The van der Waals surface area contributed by atoms with Crippen molar-refractivity contribution in [2.45, 2.75) is 30.7 Å². The van der Waals surface area contributed by atoms with E-state index in [0.717, 1.165) is 17.7 Å². The summed E-state index contributed by atoms with van der Waals surface area (Å²) in [5.74, 6) is 0. The van der Waals surface area contributed by atoms with Crippen molar-refractivity contribution in [1.82, 2.24) is 9.71 Å². The van der Waals surface area contributed by atoms with E-state index >= 15 is 0 Å². The van der Waals surface area contributed by atoms with Crippen LogP contribution in [-0.2, 0) is 29.4 Å². The Morgan fingerprint density at radius 2 is 2.20 bits per heavy atom. The number of aryl methyl sites for hydroxylation is 2. The van der Waals surface area contributed by atoms with Crippen LogP contribution < -0.4 is 4.72 Å². The Kier molecular flexibility index (Phi) is 3.81. The van der Waals surface area contributed by atoms with Gasteiger partial charge in [-0.2, -0.15) is 0 Å². The summed E-state index contributed by atoms with van der Waals surface area (Å²) in [6.07, 6.45) is 4.70. The maximum atomic E-state index is 12.1. The van der Waals surface area contributed by atoms with Gasteiger partial charge in [-0.15, -0.1) is 11.3 Å². The summed E-state index contributed by atoms with van der Waals surface area (Å²) in [5.41, 5.74) is 1.37. The summed E-state index contributed by atoms with van der Waals surface area (Å²) in [4.78, 5) is 6.37. The van der Waals surface area contributed by atoms with Gasteiger partial charge in [0.05, 0.1) is 0 Å². The average Bonchev–Trinajstić information content (AvgIpc) is 2.97. The molecule has 0 radical (unpaired) electrons. The lowest BCUT2D eigenvalue weighted by Crippen LogP contribution is -2.22. The molecule has 7 heteroatoms. The van der Waals surface area contributed by atoms with Gasteiger partial charge in [-0.1, -0.05) is 11.6 Å². The molecule has 0 saturated heterocycles. The van der Waals surface area contributed by atoms with Gasteiger partial charge in [0.1, 0.15) is 10.0 Å². The van der Waals surface area contributed by atoms with E-state index in [9.17, 15) is 8.42 Å². The first kappa shape index (κ1) is 14.0. The summed E-state index contributed by atoms with van der Waals surface area (Å²) >= 11 is 7.35. The monoisotopic (exact) mass is 328 g/mol. The van der Waals surface area contributed by atoms with Crippen molar-refractivity contribution in [2.75, 3.05) is 0 Å². The summed E-state index contributed by atoms with van der Waals surface area (Å²) in [6.45, 7) is 0.322. The summed E-state index contributed by atoms with van der Waals surface area (Å²) in [6, 6.07) is 5.03. The van der Waals surface area contributed by atoms with Crippen molar-refractivity contribution in [3.05, 3.63) is 44.9 Å². The Balaban J connectivity index is 1.71. The molecule has 2 heterocycles. The van der Waals surface area contributed by atoms with Gasteiger partial charge in [0, 0.05) is 22.5 Å². The molecule has 1 aliphatic carbocycles. The number of fused-ring (bicyclic) bond motifs is 1. The summed E-state index contributed by atoms with van der Waals surface area (Å²) in [7, 11) is -3.53. The van der Waals surface area contributed by atoms with Crippen LogP contribution in [0.1, 0.15) is 21.7 Å². The number of nitrogens with one attached hydrogen (secondary N) is 1. The van der Waals surface area contributed by atoms with E-state index in [1.54, 1.807) is 11.3 Å². The zero-order valence-electron chi connectivity index (χ0n) is 10.6. The van der Waals surface area contributed by atoms with Gasteiger partial charge in [-0.3, -0.25) is 0 Å². The maximum absolute atomic E-state index is 12.1. The second-order valence-electron chi connectivity index (χ2n) is 4.66. The second kappa shape index (κ2) is 5.44. The maximum Gasteiger partial charge on any atom is 0.242 e. The van der Waals surface area contributed by atoms with Gasteiger partial charge in [-0.25, -0.2) is 18.1 Å². The molecule has 0 amide bonds. The molecule has 0 bridgehead atoms. The Morgan fingerprint density at radius 1 is 1.35 bits per heavy atom. The predicted octanol–water partition coefficient (Wildman–Crippen LogP) is 2.76. The number of halogens is 1. The van der Waals surface area contributed by atoms with Crippen LogP contribution >= 0.6 is 22.9 Å². The van der Waals surface area contributed by atoms with Crippen LogP contribution in [0, 0.1) is 0 Å². The fourth-order valence-corrected chi connectivity index (χ4v) is 4.60. The van der Waals surface area contributed by atoms with Crippen LogP contribution in [0.4, 0.5) is 0 Å². The van der Waals surface area contributed by atoms with Crippen LogP contribution in [0.3, 0.4) is 0 Å². The minimum Gasteiger partial charge on any atom is -0.243 e. The number of sulfonamides is 1. The van der Waals surface area contributed by atoms with E-state index in [2.05, 4.69) is 15.8 Å². The van der Waals surface area contributed by atoms with Crippen LogP contribution in [0.25, 0.3) is 0 Å². The van der Waals surface area contributed by atoms with Gasteiger partial charge >= 0.3 is 0 Å². The first-order chi connectivity index (χ1) is 9.54. The Bertz CT molecular complexity index is 702. The van der Waals surface area contributed by atoms with Gasteiger partial charge < -0.3 is 0 Å². The zero-order valence-corrected chi connectivity index (χ0v) is 13.0. The van der Waals surface area contributed by atoms with E-state index in [0.29, 0.717) is 6.54 Å². The van der Waals surface area contributed by atoms with Crippen molar-refractivity contribution >= 4 is 33.0 Å². The largest absolute Gasteiger partial charge is 0.243 e. The smallest absolute Gasteiger partial charge is 0.242 e. The van der Waals surface area contributed by atoms with Gasteiger partial charge in [0.25, 0.3) is 0 Å². The number of aromatic nitrogens is 1. The molecule has 0 fully saturated rings. The van der Waals surface area contributed by atoms with Crippen molar-refractivity contribution in [2.24, 2.45) is 0 Å². The molecule has 0 aliphatic heterocycles. The van der Waals surface area contributed by atoms with Crippen molar-refractivity contribution in [1.29, 1.82) is 0 Å². The SMILES string of the molecule is O=S(=O)(NCc1cc2c(s1)CCC2)c1ccc(Cl)nc1. The third kappa shape index (κ3) is 2.88. The number of thiophene rings is 1. The van der Waals surface area contributed by atoms with Crippen molar-refractivity contribution in [3.8, 4) is 0 Å². The quantitative estimate of drug-likeness (QED) is 0.878. The third-order valence-corrected chi connectivity index (χ3v) is 6.09. The highest BCUT2D eigenvalue weighted by Crippen LogP contribution is 2.30. The molecule has 1 aliphatic rings. The lowest BCUT2D eigenvalue weighted by atomic mass is 10.2. The number of nitrogens with zero attached hydrogens (tertiary/aromatic N) is 1. The van der Waals surface area contributed by atoms with Gasteiger partial charge in [0.15, 0.2) is 0 Å². The van der Waals surface area contributed by atoms with E-state index in [4.69, 9.17) is 11.6 Å². The van der Waals surface area contributed by atoms with E-state index < -0.39 is 10.0 Å². The van der Waals surface area contributed by atoms with Crippen molar-refractivity contribution in [3.63, 3.8) is 0 Å². The van der Waals surface area contributed by atoms with E-state index in [1.807, 2.05) is 0 Å². The minimum atomic E-state index is -3.53. The normalized spacial score (nSPS) is 14.4. The van der Waals surface area contributed by atoms with Crippen molar-refractivity contribution < 1.29 is 8.42 Å². The summed E-state index contributed by atoms with van der Waals surface area (Å²) < 4.78 is 26.8. The lowest BCUT2D eigenvalue weighted by molar-refractivity contribution is 0.581. The highest BCUT2D eigenvalue weighted by Gasteiger charge is 2.18. The molecule has 0 saturated carbocycles. The lowest BCUT2D eigenvalue weighted by Gasteiger charge is -2.05. The molecular formula is C13H13ClN2O2S2. The average molecular weight is 329 g/mol. The Hall–Kier alpha value is -0.950. The highest BCUT2D eigenvalue weighted by molar-refractivity contribution is 7.89. The molecule has 0 atom stereocenters. The molecule has 0 spiro atoms. The fourth-order valence-electron chi connectivity index (χ4n) is 2.25. The zero-order chi connectivity index (χ0) is 14.2. The fraction of sp³-hybridized carbons (Fsp3) is 0.308. The molecule has 106 valence electrons. The third-order valence-electron chi connectivity index (χ3n) is 3.24. The topological polar surface area (TPSA) is 59.1 Å². The molecule has 2 aromatic rings. The second-order valence-corrected chi connectivity index (χ2v) is 8.03. The minimum absolute atomic E-state index is 0.131. The molecule has 2 aromatic heterocycles.